The molecule has 92 valence electrons. The van der Waals surface area contributed by atoms with Crippen molar-refractivity contribution in [2.24, 2.45) is 11.7 Å². The molecule has 0 aliphatic carbocycles. The summed E-state index contributed by atoms with van der Waals surface area (Å²) in [4.78, 5) is 0. The molecule has 0 radical (unpaired) electrons. The number of ether oxygens (including phenoxy) is 1. The fourth-order valence-electron chi connectivity index (χ4n) is 1.90. The van der Waals surface area contributed by atoms with Gasteiger partial charge < -0.3 is 10.5 Å². The number of rotatable bonds is 6. The van der Waals surface area contributed by atoms with E-state index in [2.05, 4.69) is 31.1 Å². The second-order valence-corrected chi connectivity index (χ2v) is 4.52. The van der Waals surface area contributed by atoms with Crippen LogP contribution in [0, 0.1) is 5.92 Å². The van der Waals surface area contributed by atoms with E-state index in [4.69, 9.17) is 10.5 Å². The monoisotopic (exact) mass is 226 g/mol. The molecule has 0 saturated carbocycles. The van der Waals surface area contributed by atoms with Crippen molar-refractivity contribution in [2.75, 3.05) is 13.7 Å². The molecule has 0 bridgehead atoms. The number of nitrogens with two attached hydrogens (primary N) is 1. The van der Waals surface area contributed by atoms with E-state index >= 15 is 0 Å². The minimum Gasteiger partial charge on any atom is -0.384 e. The van der Waals surface area contributed by atoms with Gasteiger partial charge in [-0.3, -0.25) is 0 Å². The molecule has 0 aromatic carbocycles. The molecular weight excluding hydrogens is 204 g/mol. The van der Waals surface area contributed by atoms with Crippen molar-refractivity contribution in [3.05, 3.63) is 11.4 Å². The quantitative estimate of drug-likeness (QED) is 0.790. The smallest absolute Gasteiger partial charge is 0.0997 e. The molecule has 1 atom stereocenters. The average Bonchev–Trinajstić information content (AvgIpc) is 2.61. The third kappa shape index (κ3) is 3.02. The Hall–Kier alpha value is -0.940. The van der Waals surface area contributed by atoms with Crippen LogP contribution in [0.4, 0.5) is 0 Å². The van der Waals surface area contributed by atoms with Crippen molar-refractivity contribution < 1.29 is 4.74 Å². The molecule has 0 saturated heterocycles. The molecule has 1 heterocycles. The molecule has 5 heteroatoms. The highest BCUT2D eigenvalue weighted by Crippen LogP contribution is 2.18. The molecule has 16 heavy (non-hydrogen) atoms. The van der Waals surface area contributed by atoms with Crippen LogP contribution in [0.15, 0.2) is 0 Å². The molecule has 1 unspecified atom stereocenters. The lowest BCUT2D eigenvalue weighted by atomic mass is 10.1. The van der Waals surface area contributed by atoms with Gasteiger partial charge in [-0.2, -0.15) is 0 Å². The van der Waals surface area contributed by atoms with Gasteiger partial charge in [0.1, 0.15) is 0 Å². The summed E-state index contributed by atoms with van der Waals surface area (Å²) in [5.74, 6) is 0.818. The summed E-state index contributed by atoms with van der Waals surface area (Å²) in [6.45, 7) is 8.41. The molecule has 0 fully saturated rings. The second-order valence-electron chi connectivity index (χ2n) is 4.52. The van der Waals surface area contributed by atoms with Crippen LogP contribution in [0.3, 0.4) is 0 Å². The van der Waals surface area contributed by atoms with Crippen molar-refractivity contribution in [1.29, 1.82) is 0 Å². The Kier molecular flexibility index (Phi) is 4.89. The zero-order valence-electron chi connectivity index (χ0n) is 10.6. The summed E-state index contributed by atoms with van der Waals surface area (Å²) in [5, 5.41) is 8.28. The molecular formula is C11H22N4O. The van der Waals surface area contributed by atoms with Crippen molar-refractivity contribution in [3.8, 4) is 0 Å². The molecule has 0 amide bonds. The lowest BCUT2D eigenvalue weighted by molar-refractivity contribution is 0.148. The predicted octanol–water partition coefficient (Wildman–Crippen LogP) is 1.14. The fraction of sp³-hybridized carbons (Fsp3) is 0.818. The van der Waals surface area contributed by atoms with Gasteiger partial charge >= 0.3 is 0 Å². The number of aromatic nitrogens is 3. The van der Waals surface area contributed by atoms with Gasteiger partial charge in [0, 0.05) is 20.2 Å². The van der Waals surface area contributed by atoms with E-state index in [1.54, 1.807) is 7.11 Å². The Labute approximate surface area is 97.0 Å². The summed E-state index contributed by atoms with van der Waals surface area (Å²) in [5.41, 5.74) is 7.70. The first-order chi connectivity index (χ1) is 7.60. The first-order valence-electron chi connectivity index (χ1n) is 5.71. The molecule has 5 nitrogen and oxygen atoms in total. The van der Waals surface area contributed by atoms with Crippen LogP contribution >= 0.6 is 0 Å². The number of hydrogen-bond acceptors (Lipinski definition) is 4. The van der Waals surface area contributed by atoms with Gasteiger partial charge in [-0.1, -0.05) is 26.0 Å². The Bertz CT molecular complexity index is 322. The summed E-state index contributed by atoms with van der Waals surface area (Å²) < 4.78 is 7.08. The maximum atomic E-state index is 5.65. The van der Waals surface area contributed by atoms with E-state index in [0.29, 0.717) is 18.4 Å². The van der Waals surface area contributed by atoms with Gasteiger partial charge in [-0.15, -0.1) is 5.10 Å². The largest absolute Gasteiger partial charge is 0.384 e. The SMILES string of the molecule is COCC(C)Cn1nnc(CN)c1C(C)C. The van der Waals surface area contributed by atoms with Gasteiger partial charge in [-0.25, -0.2) is 4.68 Å². The highest BCUT2D eigenvalue weighted by atomic mass is 16.5. The Morgan fingerprint density at radius 1 is 1.38 bits per heavy atom. The summed E-state index contributed by atoms with van der Waals surface area (Å²) >= 11 is 0. The highest BCUT2D eigenvalue weighted by Gasteiger charge is 2.16. The van der Waals surface area contributed by atoms with Gasteiger partial charge in [0.25, 0.3) is 0 Å². The van der Waals surface area contributed by atoms with E-state index in [-0.39, 0.29) is 0 Å². The van der Waals surface area contributed by atoms with Crippen molar-refractivity contribution in [2.45, 2.75) is 39.8 Å². The number of methoxy groups -OCH3 is 1. The molecule has 2 N–H and O–H groups in total. The Morgan fingerprint density at radius 3 is 2.56 bits per heavy atom. The molecule has 0 spiro atoms. The van der Waals surface area contributed by atoms with E-state index < -0.39 is 0 Å². The van der Waals surface area contributed by atoms with E-state index in [1.807, 2.05) is 4.68 Å². The first kappa shape index (κ1) is 13.1. The van der Waals surface area contributed by atoms with Gasteiger partial charge in [0.2, 0.25) is 0 Å². The van der Waals surface area contributed by atoms with Crippen molar-refractivity contribution >= 4 is 0 Å². The van der Waals surface area contributed by atoms with Crippen LogP contribution in [0.5, 0.6) is 0 Å². The topological polar surface area (TPSA) is 66.0 Å². The van der Waals surface area contributed by atoms with E-state index in [0.717, 1.165) is 24.5 Å². The van der Waals surface area contributed by atoms with Crippen LogP contribution in [0.2, 0.25) is 0 Å². The third-order valence-electron chi connectivity index (χ3n) is 2.52. The average molecular weight is 226 g/mol. The maximum Gasteiger partial charge on any atom is 0.0997 e. The first-order valence-corrected chi connectivity index (χ1v) is 5.71. The van der Waals surface area contributed by atoms with Crippen molar-refractivity contribution in [3.63, 3.8) is 0 Å². The van der Waals surface area contributed by atoms with Crippen LogP contribution < -0.4 is 5.73 Å². The zero-order valence-corrected chi connectivity index (χ0v) is 10.6. The fourth-order valence-corrected chi connectivity index (χ4v) is 1.90. The van der Waals surface area contributed by atoms with Crippen LogP contribution in [-0.2, 0) is 17.8 Å². The lowest BCUT2D eigenvalue weighted by Gasteiger charge is -2.14. The minimum atomic E-state index is 0.392. The van der Waals surface area contributed by atoms with Crippen molar-refractivity contribution in [1.82, 2.24) is 15.0 Å². The maximum absolute atomic E-state index is 5.65. The van der Waals surface area contributed by atoms with Crippen LogP contribution in [0.25, 0.3) is 0 Å². The summed E-state index contributed by atoms with van der Waals surface area (Å²) in [7, 11) is 1.71. The Balaban J connectivity index is 2.83. The number of nitrogens with zero attached hydrogens (tertiary/aromatic N) is 3. The van der Waals surface area contributed by atoms with Crippen LogP contribution in [-0.4, -0.2) is 28.7 Å². The van der Waals surface area contributed by atoms with Gasteiger partial charge in [0.05, 0.1) is 18.0 Å². The zero-order chi connectivity index (χ0) is 12.1. The normalized spacial score (nSPS) is 13.4. The van der Waals surface area contributed by atoms with E-state index in [9.17, 15) is 0 Å². The molecule has 0 aliphatic rings. The molecule has 0 aliphatic heterocycles. The van der Waals surface area contributed by atoms with Gasteiger partial charge in [0.15, 0.2) is 0 Å². The highest BCUT2D eigenvalue weighted by molar-refractivity contribution is 5.13. The van der Waals surface area contributed by atoms with E-state index in [1.165, 1.54) is 0 Å². The molecule has 1 aromatic heterocycles. The number of hydrogen-bond donors (Lipinski definition) is 1. The third-order valence-corrected chi connectivity index (χ3v) is 2.52. The lowest BCUT2D eigenvalue weighted by Crippen LogP contribution is -2.17. The summed E-state index contributed by atoms with van der Waals surface area (Å²) in [6, 6.07) is 0. The predicted molar refractivity (Wildman–Crippen MR) is 63.0 cm³/mol. The summed E-state index contributed by atoms with van der Waals surface area (Å²) in [6.07, 6.45) is 0. The van der Waals surface area contributed by atoms with Crippen LogP contribution in [0.1, 0.15) is 38.1 Å². The standard InChI is InChI=1S/C11H22N4O/c1-8(2)11-10(5-12)13-14-15(11)6-9(3)7-16-4/h8-9H,5-7,12H2,1-4H3. The second kappa shape index (κ2) is 5.96. The molecule has 1 aromatic rings. The molecule has 1 rings (SSSR count). The minimum absolute atomic E-state index is 0.392. The van der Waals surface area contributed by atoms with Gasteiger partial charge in [-0.05, 0) is 11.8 Å². The Morgan fingerprint density at radius 2 is 2.06 bits per heavy atom.